The minimum atomic E-state index is -0.432. The molecule has 0 aliphatic heterocycles. The molecule has 0 aliphatic rings. The zero-order valence-corrected chi connectivity index (χ0v) is 13.4. The van der Waals surface area contributed by atoms with Gasteiger partial charge in [0.25, 0.3) is 0 Å². The molecule has 2 aromatic rings. The van der Waals surface area contributed by atoms with Gasteiger partial charge < -0.3 is 10.6 Å². The van der Waals surface area contributed by atoms with Gasteiger partial charge in [-0.3, -0.25) is 19.5 Å². The summed E-state index contributed by atoms with van der Waals surface area (Å²) in [7, 11) is 3.69. The van der Waals surface area contributed by atoms with Crippen molar-refractivity contribution in [1.82, 2.24) is 9.88 Å². The molecule has 0 aliphatic carbocycles. The molecule has 0 saturated carbocycles. The summed E-state index contributed by atoms with van der Waals surface area (Å²) < 4.78 is 0. The molecular formula is C17H20N4O2. The largest absolute Gasteiger partial charge is 0.326 e. The number of nitrogens with zero attached hydrogens (tertiary/aromatic N) is 2. The zero-order valence-electron chi connectivity index (χ0n) is 13.4. The third-order valence-corrected chi connectivity index (χ3v) is 3.24. The van der Waals surface area contributed by atoms with Crippen LogP contribution in [0.15, 0.2) is 48.8 Å². The summed E-state index contributed by atoms with van der Waals surface area (Å²) in [6, 6.07) is 10.2. The number of carbonyl (C=O) groups is 2. The van der Waals surface area contributed by atoms with Gasteiger partial charge >= 0.3 is 0 Å². The Morgan fingerprint density at radius 2 is 1.65 bits per heavy atom. The molecule has 0 spiro atoms. The average molecular weight is 312 g/mol. The third kappa shape index (κ3) is 4.62. The quantitative estimate of drug-likeness (QED) is 0.888. The topological polar surface area (TPSA) is 74.3 Å². The standard InChI is InChI=1S/C17H20N4O2/c1-12(22)19-14-6-8-15(9-7-14)20-17(23)16(21(2)3)13-5-4-10-18-11-13/h4-11,16H,1-3H3,(H,19,22)(H,20,23). The van der Waals surface area contributed by atoms with Gasteiger partial charge in [0.15, 0.2) is 0 Å². The first-order valence-corrected chi connectivity index (χ1v) is 7.22. The summed E-state index contributed by atoms with van der Waals surface area (Å²) in [5.74, 6) is -0.277. The first-order chi connectivity index (χ1) is 11.0. The lowest BCUT2D eigenvalue weighted by Gasteiger charge is -2.23. The minimum absolute atomic E-state index is 0.133. The van der Waals surface area contributed by atoms with Crippen LogP contribution in [-0.2, 0) is 9.59 Å². The van der Waals surface area contributed by atoms with Crippen molar-refractivity contribution in [3.8, 4) is 0 Å². The van der Waals surface area contributed by atoms with Gasteiger partial charge in [0.1, 0.15) is 6.04 Å². The summed E-state index contributed by atoms with van der Waals surface area (Å²) in [4.78, 5) is 29.5. The van der Waals surface area contributed by atoms with Crippen molar-refractivity contribution in [2.24, 2.45) is 0 Å². The van der Waals surface area contributed by atoms with Crippen LogP contribution in [0.25, 0.3) is 0 Å². The van der Waals surface area contributed by atoms with E-state index >= 15 is 0 Å². The highest BCUT2D eigenvalue weighted by Gasteiger charge is 2.23. The second-order valence-corrected chi connectivity index (χ2v) is 5.40. The Bertz CT molecular complexity index is 669. The number of likely N-dealkylation sites (N-methyl/N-ethyl adjacent to an activating group) is 1. The highest BCUT2D eigenvalue weighted by molar-refractivity contribution is 5.96. The number of hydrogen-bond donors (Lipinski definition) is 2. The lowest BCUT2D eigenvalue weighted by atomic mass is 10.1. The summed E-state index contributed by atoms with van der Waals surface area (Å²) in [6.45, 7) is 1.45. The molecule has 23 heavy (non-hydrogen) atoms. The summed E-state index contributed by atoms with van der Waals surface area (Å²) in [6.07, 6.45) is 3.36. The van der Waals surface area contributed by atoms with Crippen LogP contribution in [0, 0.1) is 0 Å². The lowest BCUT2D eigenvalue weighted by Crippen LogP contribution is -2.32. The maximum Gasteiger partial charge on any atom is 0.246 e. The van der Waals surface area contributed by atoms with Crippen LogP contribution in [0.3, 0.4) is 0 Å². The zero-order chi connectivity index (χ0) is 16.8. The molecule has 2 amide bonds. The maximum absolute atomic E-state index is 12.6. The molecule has 1 heterocycles. The number of amides is 2. The maximum atomic E-state index is 12.6. The fourth-order valence-electron chi connectivity index (χ4n) is 2.27. The Labute approximate surface area is 135 Å². The molecule has 6 heteroatoms. The molecule has 2 rings (SSSR count). The van der Waals surface area contributed by atoms with Gasteiger partial charge in [-0.25, -0.2) is 0 Å². The van der Waals surface area contributed by atoms with Gasteiger partial charge in [0.05, 0.1) is 0 Å². The van der Waals surface area contributed by atoms with Gasteiger partial charge in [-0.05, 0) is 50.0 Å². The number of aromatic nitrogens is 1. The van der Waals surface area contributed by atoms with E-state index in [1.165, 1.54) is 6.92 Å². The molecule has 6 nitrogen and oxygen atoms in total. The highest BCUT2D eigenvalue weighted by atomic mass is 16.2. The summed E-state index contributed by atoms with van der Waals surface area (Å²) >= 11 is 0. The molecule has 0 radical (unpaired) electrons. The van der Waals surface area contributed by atoms with E-state index in [2.05, 4.69) is 15.6 Å². The second-order valence-electron chi connectivity index (χ2n) is 5.40. The van der Waals surface area contributed by atoms with Crippen molar-refractivity contribution in [3.63, 3.8) is 0 Å². The number of carbonyl (C=O) groups excluding carboxylic acids is 2. The molecule has 0 fully saturated rings. The van der Waals surface area contributed by atoms with E-state index in [0.717, 1.165) is 5.56 Å². The van der Waals surface area contributed by atoms with E-state index in [0.29, 0.717) is 11.4 Å². The van der Waals surface area contributed by atoms with Crippen molar-refractivity contribution in [3.05, 3.63) is 54.4 Å². The van der Waals surface area contributed by atoms with Crippen molar-refractivity contribution >= 4 is 23.2 Å². The van der Waals surface area contributed by atoms with E-state index < -0.39 is 6.04 Å². The van der Waals surface area contributed by atoms with E-state index in [4.69, 9.17) is 0 Å². The van der Waals surface area contributed by atoms with Gasteiger partial charge in [0, 0.05) is 30.7 Å². The van der Waals surface area contributed by atoms with Crippen molar-refractivity contribution in [2.45, 2.75) is 13.0 Å². The second kappa shape index (κ2) is 7.51. The lowest BCUT2D eigenvalue weighted by molar-refractivity contribution is -0.120. The molecule has 2 N–H and O–H groups in total. The smallest absolute Gasteiger partial charge is 0.246 e. The Hall–Kier alpha value is -2.73. The predicted octanol–water partition coefficient (Wildman–Crippen LogP) is 2.28. The van der Waals surface area contributed by atoms with Gasteiger partial charge in [-0.15, -0.1) is 0 Å². The fraction of sp³-hybridized carbons (Fsp3) is 0.235. The third-order valence-electron chi connectivity index (χ3n) is 3.24. The number of rotatable bonds is 5. The van der Waals surface area contributed by atoms with E-state index in [1.807, 2.05) is 25.1 Å². The Balaban J connectivity index is 2.11. The predicted molar refractivity (Wildman–Crippen MR) is 90.0 cm³/mol. The number of hydrogen-bond acceptors (Lipinski definition) is 4. The highest BCUT2D eigenvalue weighted by Crippen LogP contribution is 2.20. The van der Waals surface area contributed by atoms with Crippen LogP contribution in [-0.4, -0.2) is 35.8 Å². The molecule has 120 valence electrons. The van der Waals surface area contributed by atoms with Gasteiger partial charge in [-0.2, -0.15) is 0 Å². The normalized spacial score (nSPS) is 11.8. The Kier molecular flexibility index (Phi) is 5.43. The first-order valence-electron chi connectivity index (χ1n) is 7.22. The number of nitrogens with one attached hydrogen (secondary N) is 2. The molecule has 0 saturated heterocycles. The Morgan fingerprint density at radius 3 is 2.13 bits per heavy atom. The number of benzene rings is 1. The SMILES string of the molecule is CC(=O)Nc1ccc(NC(=O)C(c2cccnc2)N(C)C)cc1. The number of anilines is 2. The van der Waals surface area contributed by atoms with Crippen LogP contribution in [0.4, 0.5) is 11.4 Å². The van der Waals surface area contributed by atoms with Crippen LogP contribution >= 0.6 is 0 Å². The van der Waals surface area contributed by atoms with Gasteiger partial charge in [-0.1, -0.05) is 6.07 Å². The van der Waals surface area contributed by atoms with Crippen molar-refractivity contribution in [1.29, 1.82) is 0 Å². The van der Waals surface area contributed by atoms with Crippen LogP contribution in [0.2, 0.25) is 0 Å². The molecule has 1 aromatic carbocycles. The van der Waals surface area contributed by atoms with E-state index in [-0.39, 0.29) is 11.8 Å². The van der Waals surface area contributed by atoms with Crippen LogP contribution in [0.1, 0.15) is 18.5 Å². The number of pyridine rings is 1. The molecular weight excluding hydrogens is 292 g/mol. The van der Waals surface area contributed by atoms with Crippen LogP contribution in [0.5, 0.6) is 0 Å². The summed E-state index contributed by atoms with van der Waals surface area (Å²) in [5.41, 5.74) is 2.18. The van der Waals surface area contributed by atoms with Gasteiger partial charge in [0.2, 0.25) is 11.8 Å². The average Bonchev–Trinajstić information content (AvgIpc) is 2.49. The molecule has 1 aromatic heterocycles. The van der Waals surface area contributed by atoms with E-state index in [9.17, 15) is 9.59 Å². The first kappa shape index (κ1) is 16.6. The molecule has 1 atom stereocenters. The summed E-state index contributed by atoms with van der Waals surface area (Å²) in [5, 5.41) is 5.57. The van der Waals surface area contributed by atoms with E-state index in [1.54, 1.807) is 42.7 Å². The molecule has 0 bridgehead atoms. The minimum Gasteiger partial charge on any atom is -0.326 e. The van der Waals surface area contributed by atoms with Crippen molar-refractivity contribution in [2.75, 3.05) is 24.7 Å². The Morgan fingerprint density at radius 1 is 1.04 bits per heavy atom. The monoisotopic (exact) mass is 312 g/mol. The van der Waals surface area contributed by atoms with Crippen molar-refractivity contribution < 1.29 is 9.59 Å². The fourth-order valence-corrected chi connectivity index (χ4v) is 2.27. The molecule has 1 unspecified atom stereocenters. The van der Waals surface area contributed by atoms with Crippen LogP contribution < -0.4 is 10.6 Å².